The van der Waals surface area contributed by atoms with Gasteiger partial charge in [-0.15, -0.1) is 0 Å². The number of carbonyl (C=O) groups is 1. The number of esters is 1. The molecule has 2 aliphatic rings. The number of ether oxygens (including phenoxy) is 1. The van der Waals surface area contributed by atoms with Crippen molar-refractivity contribution in [1.82, 2.24) is 0 Å². The van der Waals surface area contributed by atoms with E-state index >= 15 is 0 Å². The van der Waals surface area contributed by atoms with Gasteiger partial charge >= 0.3 is 5.97 Å². The van der Waals surface area contributed by atoms with Crippen molar-refractivity contribution < 1.29 is 18.3 Å². The van der Waals surface area contributed by atoms with Gasteiger partial charge in [0.1, 0.15) is 6.10 Å². The van der Waals surface area contributed by atoms with Gasteiger partial charge in [0.25, 0.3) is 0 Å². The van der Waals surface area contributed by atoms with Crippen LogP contribution in [0.15, 0.2) is 42.5 Å². The second kappa shape index (κ2) is 10.3. The fraction of sp³-hybridized carbons (Fsp3) is 0.500. The highest BCUT2D eigenvalue weighted by molar-refractivity contribution is 5.72. The van der Waals surface area contributed by atoms with E-state index in [1.165, 1.54) is 18.2 Å². The highest BCUT2D eigenvalue weighted by Crippen LogP contribution is 2.37. The first-order valence-corrected chi connectivity index (χ1v) is 10.4. The van der Waals surface area contributed by atoms with E-state index in [2.05, 4.69) is 6.08 Å². The smallest absolute Gasteiger partial charge is 0.309 e. The molecule has 2 saturated carbocycles. The molecule has 0 amide bonds. The zero-order chi connectivity index (χ0) is 20.6. The Hall–Kier alpha value is -2.48. The van der Waals surface area contributed by atoms with Crippen LogP contribution in [0.4, 0.5) is 8.78 Å². The molecule has 2 aliphatic carbocycles. The Labute approximate surface area is 171 Å². The van der Waals surface area contributed by atoms with Crippen LogP contribution in [0, 0.1) is 34.8 Å². The van der Waals surface area contributed by atoms with Gasteiger partial charge in [-0.05, 0) is 80.9 Å². The molecule has 29 heavy (non-hydrogen) atoms. The van der Waals surface area contributed by atoms with Crippen molar-refractivity contribution in [2.45, 2.75) is 63.4 Å². The monoisotopic (exact) mass is 399 g/mol. The van der Waals surface area contributed by atoms with Crippen LogP contribution in [0.25, 0.3) is 0 Å². The average Bonchev–Trinajstić information content (AvgIpc) is 2.74. The van der Waals surface area contributed by atoms with Crippen molar-refractivity contribution >= 4 is 5.97 Å². The highest BCUT2D eigenvalue weighted by Gasteiger charge is 2.31. The van der Waals surface area contributed by atoms with Crippen LogP contribution in [0.1, 0.15) is 62.8 Å². The molecule has 5 heteroatoms. The summed E-state index contributed by atoms with van der Waals surface area (Å²) in [5.74, 6) is -1.19. The molecule has 3 nitrogen and oxygen atoms in total. The Bertz CT molecular complexity index is 796. The summed E-state index contributed by atoms with van der Waals surface area (Å²) in [5, 5.41) is 8.47. The Balaban J connectivity index is 1.41. The molecule has 0 aromatic heterocycles. The zero-order valence-electron chi connectivity index (χ0n) is 16.5. The predicted molar refractivity (Wildman–Crippen MR) is 107 cm³/mol. The number of hydrogen-bond acceptors (Lipinski definition) is 3. The fourth-order valence-corrected chi connectivity index (χ4v) is 4.41. The molecule has 0 saturated heterocycles. The number of carbonyl (C=O) groups excluding carboxylic acids is 1. The number of hydrogen-bond donors (Lipinski definition) is 0. The molecule has 2 fully saturated rings. The van der Waals surface area contributed by atoms with Gasteiger partial charge in [-0.25, -0.2) is 8.78 Å². The summed E-state index contributed by atoms with van der Waals surface area (Å²) in [6.07, 6.45) is 13.9. The second-order valence-corrected chi connectivity index (χ2v) is 8.07. The summed E-state index contributed by atoms with van der Waals surface area (Å²) >= 11 is 0. The SMILES string of the molecule is N#CC=CC=CC1CCC(OC(=O)C2CCC(c3ccc(F)c(F)c3)CC2)CC1. The van der Waals surface area contributed by atoms with Gasteiger partial charge in [-0.1, -0.05) is 24.3 Å². The summed E-state index contributed by atoms with van der Waals surface area (Å²) in [7, 11) is 0. The molecule has 0 aliphatic heterocycles. The predicted octanol–water partition coefficient (Wildman–Crippen LogP) is 5.98. The van der Waals surface area contributed by atoms with Crippen molar-refractivity contribution in [3.63, 3.8) is 0 Å². The lowest BCUT2D eigenvalue weighted by Gasteiger charge is -2.31. The molecule has 0 atom stereocenters. The van der Waals surface area contributed by atoms with E-state index in [0.29, 0.717) is 5.92 Å². The fourth-order valence-electron chi connectivity index (χ4n) is 4.41. The van der Waals surface area contributed by atoms with Gasteiger partial charge in [0.2, 0.25) is 0 Å². The van der Waals surface area contributed by atoms with E-state index in [4.69, 9.17) is 10.00 Å². The molecule has 154 valence electrons. The Kier molecular flexibility index (Phi) is 7.57. The van der Waals surface area contributed by atoms with Crippen molar-refractivity contribution in [1.29, 1.82) is 5.26 Å². The largest absolute Gasteiger partial charge is 0.462 e. The third-order valence-corrected chi connectivity index (χ3v) is 6.14. The van der Waals surface area contributed by atoms with Crippen LogP contribution < -0.4 is 0 Å². The number of nitriles is 1. The van der Waals surface area contributed by atoms with Crippen LogP contribution in [-0.2, 0) is 9.53 Å². The van der Waals surface area contributed by atoms with Crippen LogP contribution in [0.2, 0.25) is 0 Å². The minimum atomic E-state index is -0.824. The minimum absolute atomic E-state index is 0.00859. The molecular weight excluding hydrogens is 372 g/mol. The Morgan fingerprint density at radius 1 is 1.00 bits per heavy atom. The molecule has 0 N–H and O–H groups in total. The molecule has 3 rings (SSSR count). The summed E-state index contributed by atoms with van der Waals surface area (Å²) in [4.78, 5) is 12.5. The average molecular weight is 399 g/mol. The molecule has 1 aromatic carbocycles. The van der Waals surface area contributed by atoms with Gasteiger partial charge in [0, 0.05) is 6.08 Å². The maximum atomic E-state index is 13.5. The normalized spacial score (nSPS) is 27.8. The standard InChI is InChI=1S/C24H27F2NO2/c25-22-14-11-20(16-23(22)26)18-7-9-19(10-8-18)24(28)29-21-12-5-17(6-13-21)4-2-1-3-15-27/h1-4,11,14,16-19,21H,5-10,12-13H2. The van der Waals surface area contributed by atoms with E-state index in [1.54, 1.807) is 12.1 Å². The third kappa shape index (κ3) is 6.00. The van der Waals surface area contributed by atoms with Gasteiger partial charge in [0.15, 0.2) is 11.6 Å². The number of rotatable bonds is 5. The zero-order valence-corrected chi connectivity index (χ0v) is 16.5. The molecular formula is C24H27F2NO2. The number of nitrogens with zero attached hydrogens (tertiary/aromatic N) is 1. The highest BCUT2D eigenvalue weighted by atomic mass is 19.2. The van der Waals surface area contributed by atoms with E-state index < -0.39 is 11.6 Å². The summed E-state index contributed by atoms with van der Waals surface area (Å²) < 4.78 is 32.3. The lowest BCUT2D eigenvalue weighted by molar-refractivity contribution is -0.157. The topological polar surface area (TPSA) is 50.1 Å². The summed E-state index contributed by atoms with van der Waals surface area (Å²) in [6, 6.07) is 6.06. The summed E-state index contributed by atoms with van der Waals surface area (Å²) in [5.41, 5.74) is 0.812. The van der Waals surface area contributed by atoms with E-state index in [9.17, 15) is 13.6 Å². The summed E-state index contributed by atoms with van der Waals surface area (Å²) in [6.45, 7) is 0. The van der Waals surface area contributed by atoms with Crippen molar-refractivity contribution in [2.75, 3.05) is 0 Å². The first-order chi connectivity index (χ1) is 14.1. The molecule has 0 spiro atoms. The quantitative estimate of drug-likeness (QED) is 0.348. The molecule has 0 heterocycles. The molecule has 0 unspecified atom stereocenters. The maximum Gasteiger partial charge on any atom is 0.309 e. The van der Waals surface area contributed by atoms with E-state index in [1.807, 2.05) is 12.1 Å². The van der Waals surface area contributed by atoms with Crippen molar-refractivity contribution in [2.24, 2.45) is 11.8 Å². The Morgan fingerprint density at radius 3 is 2.38 bits per heavy atom. The van der Waals surface area contributed by atoms with Gasteiger partial charge < -0.3 is 4.74 Å². The molecule has 0 bridgehead atoms. The van der Waals surface area contributed by atoms with Gasteiger partial charge in [0.05, 0.1) is 12.0 Å². The lowest BCUT2D eigenvalue weighted by Crippen LogP contribution is -2.29. The van der Waals surface area contributed by atoms with Crippen molar-refractivity contribution in [3.05, 3.63) is 59.7 Å². The molecule has 0 radical (unpaired) electrons. The van der Waals surface area contributed by atoms with E-state index in [0.717, 1.165) is 56.9 Å². The van der Waals surface area contributed by atoms with Crippen LogP contribution in [-0.4, -0.2) is 12.1 Å². The number of halogens is 2. The van der Waals surface area contributed by atoms with Crippen LogP contribution in [0.3, 0.4) is 0 Å². The minimum Gasteiger partial charge on any atom is -0.462 e. The second-order valence-electron chi connectivity index (χ2n) is 8.07. The van der Waals surface area contributed by atoms with Crippen LogP contribution >= 0.6 is 0 Å². The first-order valence-electron chi connectivity index (χ1n) is 10.4. The van der Waals surface area contributed by atoms with E-state index in [-0.39, 0.29) is 23.9 Å². The van der Waals surface area contributed by atoms with Crippen molar-refractivity contribution in [3.8, 4) is 6.07 Å². The maximum absolute atomic E-state index is 13.5. The number of benzene rings is 1. The van der Waals surface area contributed by atoms with Crippen LogP contribution in [0.5, 0.6) is 0 Å². The Morgan fingerprint density at radius 2 is 1.72 bits per heavy atom. The van der Waals surface area contributed by atoms with Gasteiger partial charge in [-0.3, -0.25) is 4.79 Å². The first kappa shape index (κ1) is 21.2. The third-order valence-electron chi connectivity index (χ3n) is 6.14. The molecule has 1 aromatic rings. The van der Waals surface area contributed by atoms with Gasteiger partial charge in [-0.2, -0.15) is 5.26 Å². The lowest BCUT2D eigenvalue weighted by atomic mass is 9.78. The number of allylic oxidation sites excluding steroid dienone is 4.